The molecule has 118 valence electrons. The van der Waals surface area contributed by atoms with Gasteiger partial charge in [-0.3, -0.25) is 10.1 Å². The molecular weight excluding hydrogens is 329 g/mol. The number of amides is 1. The van der Waals surface area contributed by atoms with Crippen molar-refractivity contribution in [1.82, 2.24) is 4.98 Å². The van der Waals surface area contributed by atoms with Crippen LogP contribution in [-0.2, 0) is 0 Å². The first-order valence-electron chi connectivity index (χ1n) is 6.43. The Labute approximate surface area is 132 Å². The van der Waals surface area contributed by atoms with Crippen LogP contribution in [0.15, 0.2) is 42.5 Å². The van der Waals surface area contributed by atoms with Crippen LogP contribution in [0.2, 0.25) is 0 Å². The zero-order valence-electron chi connectivity index (χ0n) is 11.4. The summed E-state index contributed by atoms with van der Waals surface area (Å²) in [6.07, 6.45) is 0. The largest absolute Gasteiger partial charge is 0.435 e. The molecule has 0 aliphatic heterocycles. The molecule has 0 fully saturated rings. The molecule has 0 aliphatic carbocycles. The number of alkyl halides is 2. The average molecular weight is 338 g/mol. The van der Waals surface area contributed by atoms with Gasteiger partial charge in [-0.1, -0.05) is 11.3 Å². The molecular formula is C15H9F3N2O2S. The summed E-state index contributed by atoms with van der Waals surface area (Å²) in [6.45, 7) is -2.92. The minimum Gasteiger partial charge on any atom is -0.435 e. The number of thiazole rings is 1. The Hall–Kier alpha value is -2.61. The number of halogens is 3. The number of rotatable bonds is 4. The van der Waals surface area contributed by atoms with Gasteiger partial charge in [0.1, 0.15) is 11.6 Å². The molecule has 3 aromatic rings. The minimum absolute atomic E-state index is 0.0352. The first-order valence-corrected chi connectivity index (χ1v) is 7.25. The van der Waals surface area contributed by atoms with Crippen LogP contribution in [0.3, 0.4) is 0 Å². The van der Waals surface area contributed by atoms with Gasteiger partial charge < -0.3 is 4.74 Å². The lowest BCUT2D eigenvalue weighted by Crippen LogP contribution is -2.11. The van der Waals surface area contributed by atoms with E-state index in [0.717, 1.165) is 11.3 Å². The molecule has 23 heavy (non-hydrogen) atoms. The van der Waals surface area contributed by atoms with Gasteiger partial charge in [0.05, 0.1) is 10.2 Å². The van der Waals surface area contributed by atoms with Crippen LogP contribution in [0.25, 0.3) is 10.2 Å². The van der Waals surface area contributed by atoms with E-state index in [2.05, 4.69) is 15.0 Å². The Morgan fingerprint density at radius 3 is 2.61 bits per heavy atom. The van der Waals surface area contributed by atoms with Gasteiger partial charge in [0.15, 0.2) is 5.13 Å². The molecule has 0 aliphatic rings. The van der Waals surface area contributed by atoms with Crippen LogP contribution < -0.4 is 10.1 Å². The fourth-order valence-corrected chi connectivity index (χ4v) is 2.79. The van der Waals surface area contributed by atoms with Crippen molar-refractivity contribution < 1.29 is 22.7 Å². The third-order valence-electron chi connectivity index (χ3n) is 2.91. The number of nitrogens with one attached hydrogen (secondary N) is 1. The Bertz CT molecular complexity index is 850. The normalized spacial score (nSPS) is 11.0. The Morgan fingerprint density at radius 2 is 1.91 bits per heavy atom. The Morgan fingerprint density at radius 1 is 1.17 bits per heavy atom. The van der Waals surface area contributed by atoms with Gasteiger partial charge in [0.25, 0.3) is 5.91 Å². The molecule has 0 spiro atoms. The van der Waals surface area contributed by atoms with E-state index < -0.39 is 12.5 Å². The molecule has 0 atom stereocenters. The molecule has 1 amide bonds. The molecule has 1 aromatic heterocycles. The van der Waals surface area contributed by atoms with E-state index in [9.17, 15) is 18.0 Å². The second-order valence-corrected chi connectivity index (χ2v) is 5.52. The molecule has 3 rings (SSSR count). The maximum Gasteiger partial charge on any atom is 0.387 e. The number of ether oxygens (including phenoxy) is 1. The number of hydrogen-bond donors (Lipinski definition) is 1. The summed E-state index contributed by atoms with van der Waals surface area (Å²) in [5.74, 6) is -0.867. The van der Waals surface area contributed by atoms with Crippen LogP contribution in [-0.4, -0.2) is 17.5 Å². The van der Waals surface area contributed by atoms with E-state index in [0.29, 0.717) is 15.3 Å². The molecule has 4 nitrogen and oxygen atoms in total. The molecule has 0 unspecified atom stereocenters. The number of benzene rings is 2. The molecule has 2 aromatic carbocycles. The van der Waals surface area contributed by atoms with E-state index in [-0.39, 0.29) is 17.1 Å². The summed E-state index contributed by atoms with van der Waals surface area (Å²) in [6, 6.07) is 9.41. The summed E-state index contributed by atoms with van der Waals surface area (Å²) in [4.78, 5) is 16.3. The molecule has 0 saturated carbocycles. The highest BCUT2D eigenvalue weighted by Crippen LogP contribution is 2.27. The van der Waals surface area contributed by atoms with Crippen molar-refractivity contribution in [2.75, 3.05) is 5.32 Å². The van der Waals surface area contributed by atoms with Crippen LogP contribution >= 0.6 is 11.3 Å². The first-order chi connectivity index (χ1) is 11.0. The Balaban J connectivity index is 1.74. The zero-order valence-corrected chi connectivity index (χ0v) is 12.2. The lowest BCUT2D eigenvalue weighted by molar-refractivity contribution is -0.0498. The first kappa shape index (κ1) is 15.3. The summed E-state index contributed by atoms with van der Waals surface area (Å²) >= 11 is 1.14. The highest BCUT2D eigenvalue weighted by molar-refractivity contribution is 7.22. The third-order valence-corrected chi connectivity index (χ3v) is 3.85. The lowest BCUT2D eigenvalue weighted by atomic mass is 10.2. The average Bonchev–Trinajstić information content (AvgIpc) is 2.88. The van der Waals surface area contributed by atoms with E-state index in [1.54, 1.807) is 0 Å². The smallest absolute Gasteiger partial charge is 0.387 e. The number of fused-ring (bicyclic) bond motifs is 1. The third kappa shape index (κ3) is 3.59. The maximum atomic E-state index is 13.1. The van der Waals surface area contributed by atoms with E-state index >= 15 is 0 Å². The van der Waals surface area contributed by atoms with Crippen LogP contribution in [0.1, 0.15) is 10.4 Å². The van der Waals surface area contributed by atoms with Crippen molar-refractivity contribution in [2.24, 2.45) is 0 Å². The lowest BCUT2D eigenvalue weighted by Gasteiger charge is -2.05. The van der Waals surface area contributed by atoms with Crippen LogP contribution in [0.5, 0.6) is 5.75 Å². The van der Waals surface area contributed by atoms with E-state index in [4.69, 9.17) is 0 Å². The SMILES string of the molecule is O=C(Nc1nc2ccc(F)cc2s1)c1ccc(OC(F)F)cc1. The van der Waals surface area contributed by atoms with Crippen molar-refractivity contribution in [1.29, 1.82) is 0 Å². The standard InChI is InChI=1S/C15H9F3N2O2S/c16-9-3-6-11-12(7-9)23-15(19-11)20-13(21)8-1-4-10(5-2-8)22-14(17)18/h1-7,14H,(H,19,20,21). The predicted octanol–water partition coefficient (Wildman–Crippen LogP) is 4.29. The van der Waals surface area contributed by atoms with Crippen molar-refractivity contribution in [3.05, 3.63) is 53.8 Å². The fraction of sp³-hybridized carbons (Fsp3) is 0.0667. The van der Waals surface area contributed by atoms with Gasteiger partial charge in [-0.15, -0.1) is 0 Å². The number of aromatic nitrogens is 1. The highest BCUT2D eigenvalue weighted by Gasteiger charge is 2.11. The monoisotopic (exact) mass is 338 g/mol. The van der Waals surface area contributed by atoms with Gasteiger partial charge in [-0.2, -0.15) is 8.78 Å². The van der Waals surface area contributed by atoms with Crippen molar-refractivity contribution in [3.8, 4) is 5.75 Å². The highest BCUT2D eigenvalue weighted by atomic mass is 32.1. The summed E-state index contributed by atoms with van der Waals surface area (Å²) < 4.78 is 42.1. The number of carbonyl (C=O) groups is 1. The van der Waals surface area contributed by atoms with Gasteiger partial charge in [0.2, 0.25) is 0 Å². The van der Waals surface area contributed by atoms with E-state index in [1.165, 1.54) is 42.5 Å². The molecule has 0 bridgehead atoms. The second-order valence-electron chi connectivity index (χ2n) is 4.49. The number of hydrogen-bond acceptors (Lipinski definition) is 4. The topological polar surface area (TPSA) is 51.2 Å². The second kappa shape index (κ2) is 6.25. The molecule has 8 heteroatoms. The quantitative estimate of drug-likeness (QED) is 0.772. The Kier molecular flexibility index (Phi) is 4.16. The molecule has 0 saturated heterocycles. The van der Waals surface area contributed by atoms with Crippen LogP contribution in [0.4, 0.5) is 18.3 Å². The zero-order chi connectivity index (χ0) is 16.4. The number of carbonyl (C=O) groups excluding carboxylic acids is 1. The summed E-state index contributed by atoms with van der Waals surface area (Å²) in [5.41, 5.74) is 0.837. The number of nitrogens with zero attached hydrogens (tertiary/aromatic N) is 1. The van der Waals surface area contributed by atoms with Gasteiger partial charge in [0, 0.05) is 5.56 Å². The van der Waals surface area contributed by atoms with Crippen molar-refractivity contribution in [2.45, 2.75) is 6.61 Å². The van der Waals surface area contributed by atoms with Gasteiger partial charge in [-0.25, -0.2) is 9.37 Å². The van der Waals surface area contributed by atoms with Gasteiger partial charge in [-0.05, 0) is 42.5 Å². The molecule has 1 heterocycles. The van der Waals surface area contributed by atoms with Crippen molar-refractivity contribution in [3.63, 3.8) is 0 Å². The summed E-state index contributed by atoms with van der Waals surface area (Å²) in [7, 11) is 0. The minimum atomic E-state index is -2.92. The molecule has 0 radical (unpaired) electrons. The van der Waals surface area contributed by atoms with Gasteiger partial charge >= 0.3 is 6.61 Å². The maximum absolute atomic E-state index is 13.1. The fourth-order valence-electron chi connectivity index (χ4n) is 1.91. The predicted molar refractivity (Wildman–Crippen MR) is 80.6 cm³/mol. The molecule has 1 N–H and O–H groups in total. The van der Waals surface area contributed by atoms with Crippen LogP contribution in [0, 0.1) is 5.82 Å². The van der Waals surface area contributed by atoms with Crippen molar-refractivity contribution >= 4 is 32.6 Å². The summed E-state index contributed by atoms with van der Waals surface area (Å²) in [5, 5.41) is 2.91. The number of anilines is 1. The van der Waals surface area contributed by atoms with E-state index in [1.807, 2.05) is 0 Å².